The maximum absolute atomic E-state index is 12.9. The standard InChI is InChI=1S/C18H19FN2O/c1-13(18(22)20-17-8-6-16(19)7-9-17)21-11-10-14-4-2-3-5-15(14)12-21/h6-13H,2-5H2,1H3/p+1/t13-/m0/s1. The van der Waals surface area contributed by atoms with Gasteiger partial charge in [0.2, 0.25) is 6.04 Å². The van der Waals surface area contributed by atoms with Crippen molar-refractivity contribution >= 4 is 11.6 Å². The molecule has 1 aromatic heterocycles. The highest BCUT2D eigenvalue weighted by Gasteiger charge is 2.24. The zero-order valence-corrected chi connectivity index (χ0v) is 12.7. The Kier molecular flexibility index (Phi) is 4.18. The van der Waals surface area contributed by atoms with Crippen molar-refractivity contribution in [2.75, 3.05) is 5.32 Å². The molecule has 0 saturated carbocycles. The van der Waals surface area contributed by atoms with E-state index in [9.17, 15) is 9.18 Å². The van der Waals surface area contributed by atoms with E-state index in [1.807, 2.05) is 17.7 Å². The molecule has 0 fully saturated rings. The summed E-state index contributed by atoms with van der Waals surface area (Å²) in [6.45, 7) is 1.87. The molecule has 0 saturated heterocycles. The first kappa shape index (κ1) is 14.7. The van der Waals surface area contributed by atoms with Gasteiger partial charge in [-0.15, -0.1) is 0 Å². The fourth-order valence-electron chi connectivity index (χ4n) is 2.85. The molecule has 2 aromatic rings. The second kappa shape index (κ2) is 6.26. The number of nitrogens with zero attached hydrogens (tertiary/aromatic N) is 1. The Labute approximate surface area is 129 Å². The van der Waals surface area contributed by atoms with Crippen molar-refractivity contribution < 1.29 is 13.8 Å². The highest BCUT2D eigenvalue weighted by molar-refractivity contribution is 5.92. The Morgan fingerprint density at radius 3 is 2.55 bits per heavy atom. The fourth-order valence-corrected chi connectivity index (χ4v) is 2.85. The number of hydrogen-bond donors (Lipinski definition) is 1. The highest BCUT2D eigenvalue weighted by Crippen LogP contribution is 2.19. The summed E-state index contributed by atoms with van der Waals surface area (Å²) in [5, 5.41) is 2.82. The van der Waals surface area contributed by atoms with Crippen LogP contribution >= 0.6 is 0 Å². The third kappa shape index (κ3) is 3.16. The minimum absolute atomic E-state index is 0.104. The highest BCUT2D eigenvalue weighted by atomic mass is 19.1. The molecule has 114 valence electrons. The normalized spacial score (nSPS) is 15.0. The van der Waals surface area contributed by atoms with E-state index in [0.29, 0.717) is 5.69 Å². The van der Waals surface area contributed by atoms with E-state index in [0.717, 1.165) is 12.8 Å². The van der Waals surface area contributed by atoms with Crippen molar-refractivity contribution in [1.29, 1.82) is 0 Å². The third-order valence-corrected chi connectivity index (χ3v) is 4.25. The van der Waals surface area contributed by atoms with Crippen molar-refractivity contribution in [2.45, 2.75) is 38.6 Å². The number of nitrogens with one attached hydrogen (secondary N) is 1. The van der Waals surface area contributed by atoms with Crippen LogP contribution in [0.25, 0.3) is 0 Å². The predicted molar refractivity (Wildman–Crippen MR) is 83.0 cm³/mol. The van der Waals surface area contributed by atoms with Crippen LogP contribution in [-0.2, 0) is 17.6 Å². The number of amides is 1. The number of pyridine rings is 1. The number of aryl methyl sites for hydroxylation is 2. The van der Waals surface area contributed by atoms with Crippen LogP contribution in [0.2, 0.25) is 0 Å². The van der Waals surface area contributed by atoms with E-state index < -0.39 is 0 Å². The van der Waals surface area contributed by atoms with E-state index in [1.165, 1.54) is 36.1 Å². The van der Waals surface area contributed by atoms with Crippen LogP contribution in [0.1, 0.15) is 36.9 Å². The van der Waals surface area contributed by atoms with Crippen molar-refractivity contribution in [3.8, 4) is 0 Å². The van der Waals surface area contributed by atoms with Gasteiger partial charge in [-0.25, -0.2) is 4.39 Å². The van der Waals surface area contributed by atoms with Gasteiger partial charge in [0.1, 0.15) is 5.82 Å². The summed E-state index contributed by atoms with van der Waals surface area (Å²) < 4.78 is 14.8. The minimum atomic E-state index is -0.310. The summed E-state index contributed by atoms with van der Waals surface area (Å²) in [4.78, 5) is 12.3. The molecule has 1 heterocycles. The lowest BCUT2D eigenvalue weighted by atomic mass is 9.93. The van der Waals surface area contributed by atoms with Crippen LogP contribution in [0.3, 0.4) is 0 Å². The SMILES string of the molecule is C[C@@H](C(=O)Nc1ccc(F)cc1)[n+]1ccc2c(c1)CCCC2. The molecule has 0 bridgehead atoms. The average molecular weight is 299 g/mol. The van der Waals surface area contributed by atoms with Crippen LogP contribution in [0, 0.1) is 5.82 Å². The molecule has 1 amide bonds. The van der Waals surface area contributed by atoms with Gasteiger partial charge in [-0.05, 0) is 55.5 Å². The molecule has 1 atom stereocenters. The largest absolute Gasteiger partial charge is 0.320 e. The van der Waals surface area contributed by atoms with Crippen molar-refractivity contribution in [2.24, 2.45) is 0 Å². The first-order valence-corrected chi connectivity index (χ1v) is 7.72. The molecular weight excluding hydrogens is 279 g/mol. The Hall–Kier alpha value is -2.23. The Bertz CT molecular complexity index is 682. The molecule has 0 aliphatic heterocycles. The summed E-state index contributed by atoms with van der Waals surface area (Å²) in [6.07, 6.45) is 8.74. The molecule has 0 radical (unpaired) electrons. The molecular formula is C18H20FN2O+. The summed E-state index contributed by atoms with van der Waals surface area (Å²) in [5.74, 6) is -0.414. The Morgan fingerprint density at radius 1 is 1.14 bits per heavy atom. The van der Waals surface area contributed by atoms with E-state index in [4.69, 9.17) is 0 Å². The molecule has 4 heteroatoms. The molecule has 1 aliphatic carbocycles. The first-order valence-electron chi connectivity index (χ1n) is 7.72. The topological polar surface area (TPSA) is 33.0 Å². The number of aromatic nitrogens is 1. The van der Waals surface area contributed by atoms with E-state index in [-0.39, 0.29) is 17.8 Å². The molecule has 1 aliphatic rings. The van der Waals surface area contributed by atoms with Gasteiger partial charge in [-0.1, -0.05) is 0 Å². The van der Waals surface area contributed by atoms with Crippen LogP contribution in [0.15, 0.2) is 42.7 Å². The molecule has 22 heavy (non-hydrogen) atoms. The number of carbonyl (C=O) groups excluding carboxylic acids is 1. The van der Waals surface area contributed by atoms with Crippen LogP contribution in [0.4, 0.5) is 10.1 Å². The van der Waals surface area contributed by atoms with Crippen molar-refractivity contribution in [1.82, 2.24) is 0 Å². The maximum atomic E-state index is 12.9. The van der Waals surface area contributed by atoms with Crippen LogP contribution in [-0.4, -0.2) is 5.91 Å². The zero-order valence-electron chi connectivity index (χ0n) is 12.7. The van der Waals surface area contributed by atoms with Gasteiger partial charge in [0.25, 0.3) is 5.91 Å². The summed E-state index contributed by atoms with van der Waals surface area (Å²) in [6, 6.07) is 7.63. The molecule has 1 aromatic carbocycles. The number of rotatable bonds is 3. The van der Waals surface area contributed by atoms with Crippen LogP contribution < -0.4 is 9.88 Å². The van der Waals surface area contributed by atoms with Gasteiger partial charge in [-0.3, -0.25) is 4.79 Å². The van der Waals surface area contributed by atoms with Gasteiger partial charge in [-0.2, -0.15) is 4.57 Å². The average Bonchev–Trinajstić information content (AvgIpc) is 2.55. The van der Waals surface area contributed by atoms with Crippen molar-refractivity contribution in [3.05, 3.63) is 59.7 Å². The van der Waals surface area contributed by atoms with Gasteiger partial charge in [0, 0.05) is 24.2 Å². The Morgan fingerprint density at radius 2 is 1.82 bits per heavy atom. The first-order chi connectivity index (χ1) is 10.6. The second-order valence-corrected chi connectivity index (χ2v) is 5.82. The number of benzene rings is 1. The smallest absolute Gasteiger partial charge is 0.293 e. The lowest BCUT2D eigenvalue weighted by Gasteiger charge is -2.15. The third-order valence-electron chi connectivity index (χ3n) is 4.25. The van der Waals surface area contributed by atoms with E-state index in [2.05, 4.69) is 17.6 Å². The van der Waals surface area contributed by atoms with E-state index in [1.54, 1.807) is 12.1 Å². The lowest BCUT2D eigenvalue weighted by Crippen LogP contribution is -2.44. The Balaban J connectivity index is 1.73. The number of fused-ring (bicyclic) bond motifs is 1. The van der Waals surface area contributed by atoms with Gasteiger partial charge >= 0.3 is 0 Å². The monoisotopic (exact) mass is 299 g/mol. The minimum Gasteiger partial charge on any atom is -0.320 e. The number of hydrogen-bond acceptors (Lipinski definition) is 1. The summed E-state index contributed by atoms with van der Waals surface area (Å²) in [7, 11) is 0. The number of carbonyl (C=O) groups is 1. The summed E-state index contributed by atoms with van der Waals surface area (Å²) in [5.41, 5.74) is 3.35. The van der Waals surface area contributed by atoms with Crippen LogP contribution in [0.5, 0.6) is 0 Å². The molecule has 0 unspecified atom stereocenters. The van der Waals surface area contributed by atoms with Gasteiger partial charge in [0.15, 0.2) is 12.4 Å². The molecule has 3 nitrogen and oxygen atoms in total. The second-order valence-electron chi connectivity index (χ2n) is 5.82. The van der Waals surface area contributed by atoms with Gasteiger partial charge < -0.3 is 5.32 Å². The molecule has 0 spiro atoms. The molecule has 1 N–H and O–H groups in total. The lowest BCUT2D eigenvalue weighted by molar-refractivity contribution is -0.706. The molecule has 3 rings (SSSR count). The quantitative estimate of drug-likeness (QED) is 0.868. The number of halogens is 1. The fraction of sp³-hybridized carbons (Fsp3) is 0.333. The number of anilines is 1. The van der Waals surface area contributed by atoms with E-state index >= 15 is 0 Å². The maximum Gasteiger partial charge on any atom is 0.293 e. The predicted octanol–water partition coefficient (Wildman–Crippen LogP) is 3.19. The van der Waals surface area contributed by atoms with Gasteiger partial charge in [0.05, 0.1) is 0 Å². The zero-order chi connectivity index (χ0) is 15.5. The summed E-state index contributed by atoms with van der Waals surface area (Å²) >= 11 is 0. The van der Waals surface area contributed by atoms with Crippen molar-refractivity contribution in [3.63, 3.8) is 0 Å².